The Kier molecular flexibility index (Phi) is 6.63. The summed E-state index contributed by atoms with van der Waals surface area (Å²) in [5.74, 6) is -1.80. The summed E-state index contributed by atoms with van der Waals surface area (Å²) in [6, 6.07) is 0.231. The summed E-state index contributed by atoms with van der Waals surface area (Å²) < 4.78 is 0.932. The van der Waals surface area contributed by atoms with Gasteiger partial charge in [-0.05, 0) is 28.4 Å². The number of nitrogens with one attached hydrogen (secondary N) is 1. The van der Waals surface area contributed by atoms with E-state index in [-0.39, 0.29) is 12.8 Å². The predicted molar refractivity (Wildman–Crippen MR) is 81.9 cm³/mol. The first kappa shape index (κ1) is 17.4. The smallest absolute Gasteiger partial charge is 0.326 e. The number of nitrogens with two attached hydrogens (primary N) is 1. The third-order valence-electron chi connectivity index (χ3n) is 2.64. The van der Waals surface area contributed by atoms with Crippen LogP contribution in [0.3, 0.4) is 0 Å². The van der Waals surface area contributed by atoms with E-state index in [1.807, 2.05) is 11.4 Å². The molecule has 0 fully saturated rings. The van der Waals surface area contributed by atoms with Gasteiger partial charge in [-0.15, -0.1) is 11.3 Å². The first-order valence-electron chi connectivity index (χ1n) is 6.05. The normalized spacial score (nSPS) is 11.7. The largest absolute Gasteiger partial charge is 0.480 e. The van der Waals surface area contributed by atoms with Crippen LogP contribution < -0.4 is 11.1 Å². The Morgan fingerprint density at radius 2 is 2.19 bits per heavy atom. The fourth-order valence-corrected chi connectivity index (χ4v) is 3.05. The molecule has 0 radical (unpaired) electrons. The number of thiophene rings is 1. The number of hydrogen-bond donors (Lipinski definition) is 3. The SMILES string of the molecule is CN(Cc1cc(Br)cs1)C(=O)N[C@H](CCC(N)=O)C(=O)O. The number of urea groups is 1. The maximum absolute atomic E-state index is 11.9. The number of carbonyl (C=O) groups is 3. The lowest BCUT2D eigenvalue weighted by Crippen LogP contribution is -2.46. The van der Waals surface area contributed by atoms with Crippen molar-refractivity contribution < 1.29 is 19.5 Å². The fourth-order valence-electron chi connectivity index (χ4n) is 1.55. The summed E-state index contributed by atoms with van der Waals surface area (Å²) in [7, 11) is 1.57. The van der Waals surface area contributed by atoms with Crippen LogP contribution in [0.25, 0.3) is 0 Å². The Balaban J connectivity index is 2.55. The number of carboxylic acids is 1. The van der Waals surface area contributed by atoms with Gasteiger partial charge in [0.2, 0.25) is 5.91 Å². The maximum Gasteiger partial charge on any atom is 0.326 e. The van der Waals surface area contributed by atoms with Crippen molar-refractivity contribution in [2.75, 3.05) is 7.05 Å². The molecule has 116 valence electrons. The lowest BCUT2D eigenvalue weighted by atomic mass is 10.1. The van der Waals surface area contributed by atoms with E-state index in [0.29, 0.717) is 6.54 Å². The molecule has 0 aliphatic rings. The van der Waals surface area contributed by atoms with Crippen LogP contribution in [-0.2, 0) is 16.1 Å². The van der Waals surface area contributed by atoms with Gasteiger partial charge in [-0.2, -0.15) is 0 Å². The average Bonchev–Trinajstić information content (AvgIpc) is 2.78. The number of amides is 3. The molecule has 9 heteroatoms. The molecule has 1 rings (SSSR count). The van der Waals surface area contributed by atoms with Crippen molar-refractivity contribution in [3.63, 3.8) is 0 Å². The topological polar surface area (TPSA) is 113 Å². The summed E-state index contributed by atoms with van der Waals surface area (Å²) in [5, 5.41) is 13.3. The number of aliphatic carboxylic acids is 1. The van der Waals surface area contributed by atoms with E-state index < -0.39 is 23.9 Å². The van der Waals surface area contributed by atoms with Crippen molar-refractivity contribution >= 4 is 45.2 Å². The summed E-state index contributed by atoms with van der Waals surface area (Å²) in [6.45, 7) is 0.365. The molecule has 0 saturated heterocycles. The number of carboxylic acid groups (broad SMARTS) is 1. The summed E-state index contributed by atoms with van der Waals surface area (Å²) >= 11 is 4.81. The summed E-state index contributed by atoms with van der Waals surface area (Å²) in [6.07, 6.45) is -0.131. The quantitative estimate of drug-likeness (QED) is 0.665. The molecule has 4 N–H and O–H groups in total. The third kappa shape index (κ3) is 6.13. The molecule has 7 nitrogen and oxygen atoms in total. The van der Waals surface area contributed by atoms with Crippen molar-refractivity contribution in [2.45, 2.75) is 25.4 Å². The first-order valence-corrected chi connectivity index (χ1v) is 7.72. The standard InChI is InChI=1S/C12H16BrN3O4S/c1-16(5-8-4-7(13)6-21-8)12(20)15-9(11(18)19)2-3-10(14)17/h4,6,9H,2-3,5H2,1H3,(H2,14,17)(H,15,20)(H,18,19)/t9-/m1/s1. The van der Waals surface area contributed by atoms with Crippen molar-refractivity contribution in [1.29, 1.82) is 0 Å². The van der Waals surface area contributed by atoms with E-state index in [1.165, 1.54) is 16.2 Å². The van der Waals surface area contributed by atoms with Gasteiger partial charge in [0.1, 0.15) is 6.04 Å². The van der Waals surface area contributed by atoms with Crippen molar-refractivity contribution in [3.8, 4) is 0 Å². The highest BCUT2D eigenvalue weighted by molar-refractivity contribution is 9.10. The molecular weight excluding hydrogens is 362 g/mol. The highest BCUT2D eigenvalue weighted by atomic mass is 79.9. The third-order valence-corrected chi connectivity index (χ3v) is 4.32. The summed E-state index contributed by atoms with van der Waals surface area (Å²) in [4.78, 5) is 36.0. The van der Waals surface area contributed by atoms with Gasteiger partial charge in [0, 0.05) is 28.2 Å². The number of halogens is 1. The Hall–Kier alpha value is -1.61. The molecule has 0 aliphatic carbocycles. The number of carbonyl (C=O) groups excluding carboxylic acids is 2. The molecule has 3 amide bonds. The zero-order valence-electron chi connectivity index (χ0n) is 11.3. The second-order valence-electron chi connectivity index (χ2n) is 4.43. The minimum atomic E-state index is -1.20. The monoisotopic (exact) mass is 377 g/mol. The van der Waals surface area contributed by atoms with Gasteiger partial charge in [0.05, 0.1) is 6.54 Å². The van der Waals surface area contributed by atoms with E-state index in [4.69, 9.17) is 10.8 Å². The van der Waals surface area contributed by atoms with Gasteiger partial charge in [0.25, 0.3) is 0 Å². The van der Waals surface area contributed by atoms with Crippen LogP contribution in [0.1, 0.15) is 17.7 Å². The molecule has 0 spiro atoms. The molecule has 1 atom stereocenters. The molecule has 21 heavy (non-hydrogen) atoms. The zero-order chi connectivity index (χ0) is 16.0. The first-order chi connectivity index (χ1) is 9.79. The Bertz CT molecular complexity index is 534. The number of nitrogens with zero attached hydrogens (tertiary/aromatic N) is 1. The molecule has 1 aromatic heterocycles. The number of rotatable bonds is 7. The van der Waals surface area contributed by atoms with Crippen LogP contribution in [0.5, 0.6) is 0 Å². The molecule has 0 unspecified atom stereocenters. The predicted octanol–water partition coefficient (Wildman–Crippen LogP) is 1.37. The molecule has 1 aromatic rings. The van der Waals surface area contributed by atoms with E-state index in [0.717, 1.165) is 9.35 Å². The van der Waals surface area contributed by atoms with Crippen LogP contribution in [-0.4, -0.2) is 41.0 Å². The minimum absolute atomic E-state index is 0.0329. The Morgan fingerprint density at radius 3 is 2.67 bits per heavy atom. The van der Waals surface area contributed by atoms with Gasteiger partial charge >= 0.3 is 12.0 Å². The molecule has 0 bridgehead atoms. The lowest BCUT2D eigenvalue weighted by Gasteiger charge is -2.20. The molecule has 0 aromatic carbocycles. The van der Waals surface area contributed by atoms with Crippen LogP contribution in [0.4, 0.5) is 4.79 Å². The van der Waals surface area contributed by atoms with E-state index in [9.17, 15) is 14.4 Å². The molecule has 1 heterocycles. The minimum Gasteiger partial charge on any atom is -0.480 e. The van der Waals surface area contributed by atoms with Gasteiger partial charge in [-0.25, -0.2) is 9.59 Å². The molecule has 0 aliphatic heterocycles. The zero-order valence-corrected chi connectivity index (χ0v) is 13.7. The van der Waals surface area contributed by atoms with Crippen LogP contribution >= 0.6 is 27.3 Å². The van der Waals surface area contributed by atoms with Crippen LogP contribution in [0.2, 0.25) is 0 Å². The number of primary amides is 1. The van der Waals surface area contributed by atoms with Gasteiger partial charge < -0.3 is 21.1 Å². The second-order valence-corrected chi connectivity index (χ2v) is 6.34. The van der Waals surface area contributed by atoms with Crippen molar-refractivity contribution in [3.05, 3.63) is 20.8 Å². The Morgan fingerprint density at radius 1 is 1.52 bits per heavy atom. The highest BCUT2D eigenvalue weighted by Gasteiger charge is 2.22. The van der Waals surface area contributed by atoms with E-state index in [2.05, 4.69) is 21.2 Å². The van der Waals surface area contributed by atoms with Crippen LogP contribution in [0.15, 0.2) is 15.9 Å². The van der Waals surface area contributed by atoms with Gasteiger partial charge in [-0.1, -0.05) is 0 Å². The highest BCUT2D eigenvalue weighted by Crippen LogP contribution is 2.20. The lowest BCUT2D eigenvalue weighted by molar-refractivity contribution is -0.139. The van der Waals surface area contributed by atoms with Crippen molar-refractivity contribution in [2.24, 2.45) is 5.73 Å². The fraction of sp³-hybridized carbons (Fsp3) is 0.417. The average molecular weight is 378 g/mol. The Labute approximate surface area is 134 Å². The maximum atomic E-state index is 11.9. The van der Waals surface area contributed by atoms with E-state index in [1.54, 1.807) is 7.05 Å². The van der Waals surface area contributed by atoms with Gasteiger partial charge in [-0.3, -0.25) is 4.79 Å². The number of hydrogen-bond acceptors (Lipinski definition) is 4. The molecule has 0 saturated carbocycles. The summed E-state index contributed by atoms with van der Waals surface area (Å²) in [5.41, 5.74) is 4.98. The van der Waals surface area contributed by atoms with Crippen LogP contribution in [0, 0.1) is 0 Å². The van der Waals surface area contributed by atoms with Gasteiger partial charge in [0.15, 0.2) is 0 Å². The van der Waals surface area contributed by atoms with Crippen molar-refractivity contribution in [1.82, 2.24) is 10.2 Å². The molecular formula is C12H16BrN3O4S. The second kappa shape index (κ2) is 7.99. The van der Waals surface area contributed by atoms with E-state index >= 15 is 0 Å².